The first-order valence-electron chi connectivity index (χ1n) is 12.2. The van der Waals surface area contributed by atoms with Crippen LogP contribution in [0.4, 0.5) is 13.9 Å². The minimum absolute atomic E-state index is 0.151. The lowest BCUT2D eigenvalue weighted by molar-refractivity contribution is -0.152. The molecule has 0 spiro atoms. The maximum absolute atomic E-state index is 14.2. The van der Waals surface area contributed by atoms with E-state index in [9.17, 15) is 18.4 Å². The van der Waals surface area contributed by atoms with E-state index in [0.29, 0.717) is 48.8 Å². The lowest BCUT2D eigenvalue weighted by Crippen LogP contribution is -2.51. The number of morpholine rings is 1. The van der Waals surface area contributed by atoms with Crippen LogP contribution < -0.4 is 11.1 Å². The lowest BCUT2D eigenvalue weighted by Gasteiger charge is -2.40. The van der Waals surface area contributed by atoms with Crippen molar-refractivity contribution in [2.24, 2.45) is 17.6 Å². The summed E-state index contributed by atoms with van der Waals surface area (Å²) in [4.78, 5) is 33.8. The van der Waals surface area contributed by atoms with Crippen LogP contribution in [0.2, 0.25) is 0 Å². The number of alkyl halides is 2. The molecule has 0 bridgehead atoms. The zero-order chi connectivity index (χ0) is 24.3. The van der Waals surface area contributed by atoms with Crippen LogP contribution in [0.1, 0.15) is 56.4 Å². The summed E-state index contributed by atoms with van der Waals surface area (Å²) >= 11 is 1.22. The molecule has 2 saturated heterocycles. The average molecular weight is 500 g/mol. The van der Waals surface area contributed by atoms with Gasteiger partial charge < -0.3 is 20.7 Å². The number of carbonyl (C=O) groups is 2. The summed E-state index contributed by atoms with van der Waals surface area (Å²) in [6.07, 6.45) is 5.00. The van der Waals surface area contributed by atoms with E-state index in [1.165, 1.54) is 16.2 Å². The molecular formula is C23H35F2N5O3S. The second-order valence-electron chi connectivity index (χ2n) is 9.91. The summed E-state index contributed by atoms with van der Waals surface area (Å²) in [5.74, 6) is -2.65. The number of rotatable bonds is 7. The van der Waals surface area contributed by atoms with Gasteiger partial charge in [-0.1, -0.05) is 31.1 Å². The third kappa shape index (κ3) is 6.30. The molecule has 2 atom stereocenters. The van der Waals surface area contributed by atoms with Gasteiger partial charge in [-0.05, 0) is 24.7 Å². The number of amides is 2. The van der Waals surface area contributed by atoms with Gasteiger partial charge in [-0.3, -0.25) is 14.5 Å². The first-order valence-corrected chi connectivity index (χ1v) is 13.0. The quantitative estimate of drug-likeness (QED) is 0.598. The highest BCUT2D eigenvalue weighted by Gasteiger charge is 2.43. The van der Waals surface area contributed by atoms with Crippen molar-refractivity contribution in [3.8, 4) is 0 Å². The van der Waals surface area contributed by atoms with Crippen LogP contribution in [0.25, 0.3) is 0 Å². The Morgan fingerprint density at radius 1 is 1.32 bits per heavy atom. The Morgan fingerprint density at radius 2 is 2.03 bits per heavy atom. The fourth-order valence-corrected chi connectivity index (χ4v) is 5.97. The number of nitrogens with two attached hydrogens (primary N) is 1. The molecule has 34 heavy (non-hydrogen) atoms. The lowest BCUT2D eigenvalue weighted by atomic mass is 9.79. The molecule has 3 heterocycles. The highest BCUT2D eigenvalue weighted by molar-refractivity contribution is 7.15. The number of hydrogen-bond donors (Lipinski definition) is 2. The van der Waals surface area contributed by atoms with Crippen LogP contribution in [0.5, 0.6) is 0 Å². The molecule has 1 aromatic rings. The highest BCUT2D eigenvalue weighted by atomic mass is 32.1. The topological polar surface area (TPSA) is 101 Å². The monoisotopic (exact) mass is 499 g/mol. The molecule has 4 rings (SSSR count). The summed E-state index contributed by atoms with van der Waals surface area (Å²) in [5, 5.41) is 3.20. The van der Waals surface area contributed by atoms with Gasteiger partial charge in [-0.2, -0.15) is 0 Å². The second-order valence-corrected chi connectivity index (χ2v) is 11.0. The number of anilines is 1. The molecule has 11 heteroatoms. The predicted molar refractivity (Wildman–Crippen MR) is 126 cm³/mol. The molecule has 1 aliphatic carbocycles. The van der Waals surface area contributed by atoms with Crippen LogP contribution in [-0.2, 0) is 14.3 Å². The van der Waals surface area contributed by atoms with Crippen molar-refractivity contribution in [2.75, 3.05) is 44.7 Å². The number of nitrogens with zero attached hydrogens (tertiary/aromatic N) is 3. The summed E-state index contributed by atoms with van der Waals surface area (Å²) in [7, 11) is 0. The van der Waals surface area contributed by atoms with Crippen LogP contribution in [0, 0.1) is 11.8 Å². The van der Waals surface area contributed by atoms with E-state index in [4.69, 9.17) is 10.5 Å². The van der Waals surface area contributed by atoms with Crippen LogP contribution in [-0.4, -0.2) is 78.0 Å². The molecule has 3 N–H and O–H groups in total. The first kappa shape index (κ1) is 25.4. The number of hydrogen-bond acceptors (Lipinski definition) is 7. The Labute approximate surface area is 203 Å². The van der Waals surface area contributed by atoms with Crippen molar-refractivity contribution in [1.29, 1.82) is 0 Å². The molecule has 1 aromatic heterocycles. The molecule has 2 aliphatic heterocycles. The number of likely N-dealkylation sites (tertiary alicyclic amines) is 1. The minimum atomic E-state index is -2.91. The van der Waals surface area contributed by atoms with E-state index in [-0.39, 0.29) is 24.2 Å². The van der Waals surface area contributed by atoms with E-state index >= 15 is 0 Å². The Kier molecular flexibility index (Phi) is 8.16. The Morgan fingerprint density at radius 3 is 2.74 bits per heavy atom. The standard InChI is InChI=1S/C23H35F2N5O3S/c1-15-2-4-16(5-3-15)20(26)21(32)28-22-27-12-18(34-22)17(13-29-8-10-33-11-9-29)30-14-23(24,25)7-6-19(30)31/h12,15-17,20H,2-11,13-14,26H2,1H3,(H,27,28,32)/t15?,16?,17?,20-/m0/s1. The largest absolute Gasteiger partial charge is 0.379 e. The number of carbonyl (C=O) groups excluding carboxylic acids is 2. The molecule has 190 valence electrons. The van der Waals surface area contributed by atoms with Crippen molar-refractivity contribution in [3.05, 3.63) is 11.1 Å². The van der Waals surface area contributed by atoms with E-state index in [1.807, 2.05) is 0 Å². The molecule has 8 nitrogen and oxygen atoms in total. The SMILES string of the molecule is CC1CCC([C@H](N)C(=O)Nc2ncc(C(CN3CCOCC3)N3CC(F)(F)CCC3=O)s2)CC1. The molecule has 0 aromatic carbocycles. The normalized spacial score (nSPS) is 27.9. The van der Waals surface area contributed by atoms with Crippen LogP contribution >= 0.6 is 11.3 Å². The van der Waals surface area contributed by atoms with E-state index in [0.717, 1.165) is 25.7 Å². The molecule has 3 aliphatic rings. The van der Waals surface area contributed by atoms with Gasteiger partial charge in [0.15, 0.2) is 5.13 Å². The third-order valence-corrected chi connectivity index (χ3v) is 8.30. The zero-order valence-corrected chi connectivity index (χ0v) is 20.5. The van der Waals surface area contributed by atoms with Gasteiger partial charge in [-0.25, -0.2) is 13.8 Å². The van der Waals surface area contributed by atoms with Crippen molar-refractivity contribution in [3.63, 3.8) is 0 Å². The van der Waals surface area contributed by atoms with Gasteiger partial charge in [-0.15, -0.1) is 0 Å². The van der Waals surface area contributed by atoms with E-state index in [2.05, 4.69) is 22.1 Å². The van der Waals surface area contributed by atoms with Crippen molar-refractivity contribution in [2.45, 2.75) is 63.5 Å². The number of aromatic nitrogens is 1. The molecule has 1 saturated carbocycles. The maximum atomic E-state index is 14.2. The number of ether oxygens (including phenoxy) is 1. The van der Waals surface area contributed by atoms with Gasteiger partial charge in [0.1, 0.15) is 0 Å². The van der Waals surface area contributed by atoms with E-state index in [1.54, 1.807) is 6.20 Å². The van der Waals surface area contributed by atoms with Crippen molar-refractivity contribution < 1.29 is 23.1 Å². The smallest absolute Gasteiger partial charge is 0.265 e. The van der Waals surface area contributed by atoms with Crippen molar-refractivity contribution in [1.82, 2.24) is 14.8 Å². The van der Waals surface area contributed by atoms with Crippen LogP contribution in [0.15, 0.2) is 6.20 Å². The number of nitrogens with one attached hydrogen (secondary N) is 1. The van der Waals surface area contributed by atoms with Gasteiger partial charge in [0, 0.05) is 38.7 Å². The van der Waals surface area contributed by atoms with Gasteiger partial charge in [0.2, 0.25) is 11.8 Å². The molecular weight excluding hydrogens is 464 g/mol. The third-order valence-electron chi connectivity index (χ3n) is 7.29. The summed E-state index contributed by atoms with van der Waals surface area (Å²) in [5.41, 5.74) is 6.25. The Balaban J connectivity index is 1.47. The number of halogens is 2. The molecule has 3 fully saturated rings. The maximum Gasteiger partial charge on any atom is 0.265 e. The minimum Gasteiger partial charge on any atom is -0.379 e. The van der Waals surface area contributed by atoms with Crippen LogP contribution in [0.3, 0.4) is 0 Å². The second kappa shape index (κ2) is 10.9. The fraction of sp³-hybridized carbons (Fsp3) is 0.783. The zero-order valence-electron chi connectivity index (χ0n) is 19.7. The van der Waals surface area contributed by atoms with Gasteiger partial charge in [0.05, 0.1) is 36.7 Å². The fourth-order valence-electron chi connectivity index (χ4n) is 5.05. The average Bonchev–Trinajstić information content (AvgIpc) is 3.28. The summed E-state index contributed by atoms with van der Waals surface area (Å²) in [6, 6.07) is -1.17. The molecule has 2 amide bonds. The highest BCUT2D eigenvalue weighted by Crippen LogP contribution is 2.37. The molecule has 1 unspecified atom stereocenters. The Bertz CT molecular complexity index is 855. The van der Waals surface area contributed by atoms with Crippen molar-refractivity contribution >= 4 is 28.3 Å². The van der Waals surface area contributed by atoms with E-state index < -0.39 is 31.0 Å². The Hall–Kier alpha value is -1.69. The van der Waals surface area contributed by atoms with Gasteiger partial charge in [0.25, 0.3) is 5.92 Å². The predicted octanol–water partition coefficient (Wildman–Crippen LogP) is 2.87. The van der Waals surface area contributed by atoms with Gasteiger partial charge >= 0.3 is 0 Å². The summed E-state index contributed by atoms with van der Waals surface area (Å²) in [6.45, 7) is 4.51. The first-order chi connectivity index (χ1) is 16.2. The number of piperidine rings is 1. The number of thiazole rings is 1. The summed E-state index contributed by atoms with van der Waals surface area (Å²) < 4.78 is 33.9. The molecule has 0 radical (unpaired) electrons.